The molecule has 0 aromatic heterocycles. The van der Waals surface area contributed by atoms with Gasteiger partial charge < -0.3 is 5.32 Å². The van der Waals surface area contributed by atoms with Crippen LogP contribution in [0.2, 0.25) is 0 Å². The number of hydrogen-bond acceptors (Lipinski definition) is 3. The van der Waals surface area contributed by atoms with Gasteiger partial charge in [-0.25, -0.2) is 0 Å². The molecule has 2 unspecified atom stereocenters. The molecule has 112 valence electrons. The zero-order valence-electron chi connectivity index (χ0n) is 13.2. The van der Waals surface area contributed by atoms with Crippen LogP contribution in [0.25, 0.3) is 0 Å². The second kappa shape index (κ2) is 6.82. The van der Waals surface area contributed by atoms with E-state index in [9.17, 15) is 0 Å². The van der Waals surface area contributed by atoms with E-state index < -0.39 is 0 Å². The fourth-order valence-electron chi connectivity index (χ4n) is 3.62. The summed E-state index contributed by atoms with van der Waals surface area (Å²) in [7, 11) is 0. The molecule has 0 aromatic carbocycles. The average molecular weight is 285 g/mol. The van der Waals surface area contributed by atoms with E-state index in [1.807, 2.05) is 0 Å². The van der Waals surface area contributed by atoms with Gasteiger partial charge in [0.15, 0.2) is 0 Å². The van der Waals surface area contributed by atoms with Gasteiger partial charge in [0.05, 0.1) is 0 Å². The molecule has 19 heavy (non-hydrogen) atoms. The van der Waals surface area contributed by atoms with Crippen LogP contribution >= 0.6 is 11.8 Å². The van der Waals surface area contributed by atoms with Crippen molar-refractivity contribution in [1.82, 2.24) is 10.2 Å². The highest BCUT2D eigenvalue weighted by molar-refractivity contribution is 8.00. The zero-order valence-corrected chi connectivity index (χ0v) is 14.1. The number of nitrogens with zero attached hydrogens (tertiary/aromatic N) is 1. The van der Waals surface area contributed by atoms with E-state index in [-0.39, 0.29) is 0 Å². The van der Waals surface area contributed by atoms with Crippen molar-refractivity contribution in [2.45, 2.75) is 69.7 Å². The lowest BCUT2D eigenvalue weighted by Crippen LogP contribution is -2.60. The van der Waals surface area contributed by atoms with Gasteiger partial charge in [-0.1, -0.05) is 27.2 Å². The monoisotopic (exact) mass is 284 g/mol. The van der Waals surface area contributed by atoms with Crippen LogP contribution in [-0.4, -0.2) is 47.6 Å². The van der Waals surface area contributed by atoms with E-state index in [0.29, 0.717) is 10.8 Å². The maximum atomic E-state index is 3.77. The van der Waals surface area contributed by atoms with Crippen LogP contribution in [0.4, 0.5) is 0 Å². The summed E-state index contributed by atoms with van der Waals surface area (Å²) in [6.07, 6.45) is 9.23. The molecule has 3 heteroatoms. The fourth-order valence-corrected chi connectivity index (χ4v) is 4.61. The summed E-state index contributed by atoms with van der Waals surface area (Å²) in [6.45, 7) is 10.8. The molecule has 2 rings (SSSR count). The normalized spacial score (nSPS) is 31.4. The molecule has 0 radical (unpaired) electrons. The highest BCUT2D eigenvalue weighted by Crippen LogP contribution is 2.43. The van der Waals surface area contributed by atoms with Crippen LogP contribution in [0, 0.1) is 5.92 Å². The minimum absolute atomic E-state index is 0.590. The summed E-state index contributed by atoms with van der Waals surface area (Å²) in [5.74, 6) is 0.802. The van der Waals surface area contributed by atoms with Crippen molar-refractivity contribution in [2.24, 2.45) is 5.92 Å². The van der Waals surface area contributed by atoms with Crippen molar-refractivity contribution in [3.63, 3.8) is 0 Å². The van der Waals surface area contributed by atoms with Crippen LogP contribution in [0.1, 0.15) is 52.9 Å². The van der Waals surface area contributed by atoms with E-state index >= 15 is 0 Å². The Balaban J connectivity index is 1.93. The average Bonchev–Trinajstić information content (AvgIpc) is 2.33. The van der Waals surface area contributed by atoms with Gasteiger partial charge in [0.25, 0.3) is 0 Å². The van der Waals surface area contributed by atoms with Gasteiger partial charge in [-0.15, -0.1) is 0 Å². The van der Waals surface area contributed by atoms with Crippen LogP contribution in [-0.2, 0) is 0 Å². The van der Waals surface area contributed by atoms with Gasteiger partial charge in [-0.05, 0) is 37.9 Å². The first-order chi connectivity index (χ1) is 9.08. The van der Waals surface area contributed by atoms with Gasteiger partial charge in [-0.3, -0.25) is 4.90 Å². The molecule has 1 saturated carbocycles. The molecule has 1 aliphatic heterocycles. The minimum Gasteiger partial charge on any atom is -0.311 e. The Morgan fingerprint density at radius 3 is 2.58 bits per heavy atom. The van der Waals surface area contributed by atoms with Crippen LogP contribution < -0.4 is 5.32 Å². The molecule has 2 aliphatic rings. The molecule has 2 nitrogen and oxygen atoms in total. The molecule has 2 fully saturated rings. The largest absolute Gasteiger partial charge is 0.311 e. The Kier molecular flexibility index (Phi) is 5.62. The van der Waals surface area contributed by atoms with E-state index in [0.717, 1.165) is 12.0 Å². The Bertz CT molecular complexity index is 270. The highest BCUT2D eigenvalue weighted by atomic mass is 32.2. The summed E-state index contributed by atoms with van der Waals surface area (Å²) in [5, 5.41) is 3.77. The van der Waals surface area contributed by atoms with E-state index in [2.05, 4.69) is 49.0 Å². The fraction of sp³-hybridized carbons (Fsp3) is 1.00. The third-order valence-corrected chi connectivity index (χ3v) is 6.43. The molecule has 1 N–H and O–H groups in total. The minimum atomic E-state index is 0.590. The highest BCUT2D eigenvalue weighted by Gasteiger charge is 2.40. The Morgan fingerprint density at radius 2 is 2.11 bits per heavy atom. The Hall–Kier alpha value is 0.270. The van der Waals surface area contributed by atoms with E-state index in [1.54, 1.807) is 0 Å². The maximum Gasteiger partial charge on any atom is 0.0284 e. The predicted octanol–water partition coefficient (Wildman–Crippen LogP) is 3.37. The Morgan fingerprint density at radius 1 is 1.37 bits per heavy atom. The standard InChI is InChI=1S/C16H32N2S/c1-5-15-10-17-14(9-13(2)3)11-18(15)12-16(19-4)7-6-8-16/h13-15,17H,5-12H2,1-4H3. The molecule has 1 heterocycles. The first-order valence-corrected chi connectivity index (χ1v) is 9.33. The third-order valence-electron chi connectivity index (χ3n) is 5.03. The predicted molar refractivity (Wildman–Crippen MR) is 87.0 cm³/mol. The second-order valence-corrected chi connectivity index (χ2v) is 8.24. The van der Waals surface area contributed by atoms with Gasteiger partial charge in [0.1, 0.15) is 0 Å². The second-order valence-electron chi connectivity index (χ2n) is 6.97. The lowest BCUT2D eigenvalue weighted by molar-refractivity contribution is 0.0923. The smallest absolute Gasteiger partial charge is 0.0284 e. The molecule has 2 atom stereocenters. The molecular weight excluding hydrogens is 252 g/mol. The molecule has 0 aromatic rings. The molecular formula is C16H32N2S. The molecule has 1 saturated heterocycles. The van der Waals surface area contributed by atoms with Crippen molar-refractivity contribution >= 4 is 11.8 Å². The zero-order chi connectivity index (χ0) is 13.9. The molecule has 0 amide bonds. The van der Waals surface area contributed by atoms with Gasteiger partial charge in [-0.2, -0.15) is 11.8 Å². The van der Waals surface area contributed by atoms with Gasteiger partial charge >= 0.3 is 0 Å². The SMILES string of the molecule is CCC1CNC(CC(C)C)CN1CC1(SC)CCC1. The summed E-state index contributed by atoms with van der Waals surface area (Å²) < 4.78 is 0.590. The van der Waals surface area contributed by atoms with Crippen molar-refractivity contribution in [3.8, 4) is 0 Å². The number of thioether (sulfide) groups is 1. The lowest BCUT2D eigenvalue weighted by atomic mass is 9.83. The van der Waals surface area contributed by atoms with Crippen molar-refractivity contribution < 1.29 is 0 Å². The van der Waals surface area contributed by atoms with Crippen molar-refractivity contribution in [3.05, 3.63) is 0 Å². The third kappa shape index (κ3) is 3.89. The molecule has 1 aliphatic carbocycles. The number of rotatable bonds is 6. The first-order valence-electron chi connectivity index (χ1n) is 8.11. The van der Waals surface area contributed by atoms with Crippen LogP contribution in [0.15, 0.2) is 0 Å². The summed E-state index contributed by atoms with van der Waals surface area (Å²) in [6, 6.07) is 1.47. The van der Waals surface area contributed by atoms with Gasteiger partial charge in [0.2, 0.25) is 0 Å². The topological polar surface area (TPSA) is 15.3 Å². The number of hydrogen-bond donors (Lipinski definition) is 1. The molecule has 0 spiro atoms. The number of nitrogens with one attached hydrogen (secondary N) is 1. The van der Waals surface area contributed by atoms with Crippen molar-refractivity contribution in [2.75, 3.05) is 25.9 Å². The van der Waals surface area contributed by atoms with Gasteiger partial charge in [0, 0.05) is 36.5 Å². The van der Waals surface area contributed by atoms with Crippen LogP contribution in [0.5, 0.6) is 0 Å². The summed E-state index contributed by atoms with van der Waals surface area (Å²) >= 11 is 2.12. The summed E-state index contributed by atoms with van der Waals surface area (Å²) in [5.41, 5.74) is 0. The maximum absolute atomic E-state index is 3.77. The quantitative estimate of drug-likeness (QED) is 0.805. The van der Waals surface area contributed by atoms with Crippen molar-refractivity contribution in [1.29, 1.82) is 0 Å². The lowest BCUT2D eigenvalue weighted by Gasteiger charge is -2.49. The van der Waals surface area contributed by atoms with E-state index in [1.165, 1.54) is 51.7 Å². The molecule has 0 bridgehead atoms. The number of piperazine rings is 1. The van der Waals surface area contributed by atoms with E-state index in [4.69, 9.17) is 0 Å². The Labute approximate surface area is 124 Å². The van der Waals surface area contributed by atoms with Crippen LogP contribution in [0.3, 0.4) is 0 Å². The first kappa shape index (κ1) is 15.7. The summed E-state index contributed by atoms with van der Waals surface area (Å²) in [4.78, 5) is 2.80.